The maximum Gasteiger partial charge on any atom is 0.228 e. The zero-order chi connectivity index (χ0) is 10.9. The zero-order valence-electron chi connectivity index (χ0n) is 9.92. The maximum absolute atomic E-state index is 12.1. The van der Waals surface area contributed by atoms with Crippen LogP contribution in [0.5, 0.6) is 0 Å². The fourth-order valence-electron chi connectivity index (χ4n) is 1.92. The number of piperazine rings is 1. The molecule has 0 aliphatic carbocycles. The third kappa shape index (κ3) is 2.27. The van der Waals surface area contributed by atoms with E-state index >= 15 is 0 Å². The second-order valence-corrected chi connectivity index (χ2v) is 5.32. The van der Waals surface area contributed by atoms with Crippen molar-refractivity contribution in [3.8, 4) is 0 Å². The van der Waals surface area contributed by atoms with E-state index in [0.717, 1.165) is 13.1 Å². The molecular weight excluding hydrogens is 176 g/mol. The van der Waals surface area contributed by atoms with Crippen molar-refractivity contribution in [2.75, 3.05) is 13.1 Å². The lowest BCUT2D eigenvalue weighted by molar-refractivity contribution is -0.145. The summed E-state index contributed by atoms with van der Waals surface area (Å²) in [4.78, 5) is 14.2. The predicted molar refractivity (Wildman–Crippen MR) is 58.1 cm³/mol. The van der Waals surface area contributed by atoms with E-state index in [9.17, 15) is 4.79 Å². The number of carbonyl (C=O) groups excluding carboxylic acids is 1. The lowest BCUT2D eigenvalue weighted by Gasteiger charge is -2.42. The quantitative estimate of drug-likeness (QED) is 0.635. The number of hydrogen-bond acceptors (Lipinski definition) is 2. The molecule has 1 aliphatic heterocycles. The SMILES string of the molecule is C[C@@H]1CNC[C@H](C)N1C(=O)C(C)(C)C. The van der Waals surface area contributed by atoms with Gasteiger partial charge in [-0.15, -0.1) is 0 Å². The molecule has 0 spiro atoms. The molecule has 0 aromatic carbocycles. The molecule has 0 unspecified atom stereocenters. The van der Waals surface area contributed by atoms with Crippen LogP contribution in [0.4, 0.5) is 0 Å². The molecule has 3 nitrogen and oxygen atoms in total. The van der Waals surface area contributed by atoms with E-state index in [2.05, 4.69) is 19.2 Å². The average molecular weight is 198 g/mol. The molecule has 0 saturated carbocycles. The standard InChI is InChI=1S/C11H22N2O/c1-8-6-12-7-9(2)13(8)10(14)11(3,4)5/h8-9,12H,6-7H2,1-5H3/t8-,9+. The van der Waals surface area contributed by atoms with Gasteiger partial charge in [-0.3, -0.25) is 4.79 Å². The molecule has 1 heterocycles. The summed E-state index contributed by atoms with van der Waals surface area (Å²) in [7, 11) is 0. The molecule has 0 aromatic heterocycles. The average Bonchev–Trinajstić information content (AvgIpc) is 2.01. The lowest BCUT2D eigenvalue weighted by Crippen LogP contribution is -2.59. The molecular formula is C11H22N2O. The largest absolute Gasteiger partial charge is 0.334 e. The second-order valence-electron chi connectivity index (χ2n) is 5.32. The lowest BCUT2D eigenvalue weighted by atomic mass is 9.92. The predicted octanol–water partition coefficient (Wildman–Crippen LogP) is 1.24. The molecule has 1 fully saturated rings. The van der Waals surface area contributed by atoms with E-state index in [1.165, 1.54) is 0 Å². The summed E-state index contributed by atoms with van der Waals surface area (Å²) in [6, 6.07) is 0.621. The fraction of sp³-hybridized carbons (Fsp3) is 0.909. The van der Waals surface area contributed by atoms with Gasteiger partial charge in [0.1, 0.15) is 0 Å². The van der Waals surface area contributed by atoms with Gasteiger partial charge in [0, 0.05) is 30.6 Å². The minimum atomic E-state index is -0.264. The molecule has 1 saturated heterocycles. The Hall–Kier alpha value is -0.570. The van der Waals surface area contributed by atoms with Crippen LogP contribution in [0.25, 0.3) is 0 Å². The van der Waals surface area contributed by atoms with Gasteiger partial charge in [0.15, 0.2) is 0 Å². The molecule has 1 N–H and O–H groups in total. The molecule has 3 heteroatoms. The van der Waals surface area contributed by atoms with Gasteiger partial charge in [-0.1, -0.05) is 20.8 Å². The third-order valence-corrected chi connectivity index (χ3v) is 2.71. The van der Waals surface area contributed by atoms with Crippen LogP contribution in [0.2, 0.25) is 0 Å². The smallest absolute Gasteiger partial charge is 0.228 e. The van der Waals surface area contributed by atoms with Gasteiger partial charge in [-0.2, -0.15) is 0 Å². The van der Waals surface area contributed by atoms with Crippen LogP contribution in [0, 0.1) is 5.41 Å². The van der Waals surface area contributed by atoms with Crippen LogP contribution >= 0.6 is 0 Å². The Labute approximate surface area is 86.9 Å². The minimum absolute atomic E-state index is 0.263. The molecule has 14 heavy (non-hydrogen) atoms. The van der Waals surface area contributed by atoms with E-state index in [1.807, 2.05) is 25.7 Å². The summed E-state index contributed by atoms with van der Waals surface area (Å²) in [5.41, 5.74) is -0.264. The molecule has 2 atom stereocenters. The summed E-state index contributed by atoms with van der Waals surface area (Å²) in [5.74, 6) is 0.263. The molecule has 0 bridgehead atoms. The van der Waals surface area contributed by atoms with Crippen LogP contribution in [0.1, 0.15) is 34.6 Å². The Morgan fingerprint density at radius 1 is 1.21 bits per heavy atom. The van der Waals surface area contributed by atoms with Crippen molar-refractivity contribution < 1.29 is 4.79 Å². The summed E-state index contributed by atoms with van der Waals surface area (Å²) in [6.45, 7) is 12.0. The van der Waals surface area contributed by atoms with Gasteiger partial charge in [0.25, 0.3) is 0 Å². The van der Waals surface area contributed by atoms with Crippen molar-refractivity contribution in [2.45, 2.75) is 46.7 Å². The highest BCUT2D eigenvalue weighted by atomic mass is 16.2. The van der Waals surface area contributed by atoms with Crippen LogP contribution in [0.3, 0.4) is 0 Å². The Balaban J connectivity index is 2.78. The first-order valence-electron chi connectivity index (χ1n) is 5.37. The van der Waals surface area contributed by atoms with E-state index < -0.39 is 0 Å². The fourth-order valence-corrected chi connectivity index (χ4v) is 1.92. The molecule has 1 amide bonds. The first-order chi connectivity index (χ1) is 6.34. The Kier molecular flexibility index (Phi) is 3.20. The molecule has 1 rings (SSSR count). The van der Waals surface area contributed by atoms with Gasteiger partial charge < -0.3 is 10.2 Å². The van der Waals surface area contributed by atoms with E-state index in [1.54, 1.807) is 0 Å². The summed E-state index contributed by atoms with van der Waals surface area (Å²) >= 11 is 0. The molecule has 0 radical (unpaired) electrons. The maximum atomic E-state index is 12.1. The molecule has 0 aromatic rings. The van der Waals surface area contributed by atoms with Crippen LogP contribution in [-0.4, -0.2) is 36.0 Å². The number of amides is 1. The van der Waals surface area contributed by atoms with Gasteiger partial charge in [-0.25, -0.2) is 0 Å². The normalized spacial score (nSPS) is 29.1. The van der Waals surface area contributed by atoms with E-state index in [4.69, 9.17) is 0 Å². The molecule has 1 aliphatic rings. The minimum Gasteiger partial charge on any atom is -0.334 e. The van der Waals surface area contributed by atoms with Crippen molar-refractivity contribution >= 4 is 5.91 Å². The van der Waals surface area contributed by atoms with Crippen molar-refractivity contribution in [1.82, 2.24) is 10.2 Å². The Morgan fingerprint density at radius 2 is 1.64 bits per heavy atom. The highest BCUT2D eigenvalue weighted by molar-refractivity contribution is 5.82. The third-order valence-electron chi connectivity index (χ3n) is 2.71. The van der Waals surface area contributed by atoms with Crippen molar-refractivity contribution in [1.29, 1.82) is 0 Å². The number of nitrogens with zero attached hydrogens (tertiary/aromatic N) is 1. The van der Waals surface area contributed by atoms with Crippen molar-refractivity contribution in [3.05, 3.63) is 0 Å². The highest BCUT2D eigenvalue weighted by Crippen LogP contribution is 2.22. The summed E-state index contributed by atoms with van der Waals surface area (Å²) in [5, 5.41) is 3.33. The highest BCUT2D eigenvalue weighted by Gasteiger charge is 2.34. The van der Waals surface area contributed by atoms with Crippen molar-refractivity contribution in [2.24, 2.45) is 5.41 Å². The van der Waals surface area contributed by atoms with Crippen LogP contribution < -0.4 is 5.32 Å². The first kappa shape index (κ1) is 11.5. The summed E-state index contributed by atoms with van der Waals surface area (Å²) < 4.78 is 0. The number of carbonyl (C=O) groups is 1. The first-order valence-corrected chi connectivity index (χ1v) is 5.37. The van der Waals surface area contributed by atoms with Crippen molar-refractivity contribution in [3.63, 3.8) is 0 Å². The Bertz CT molecular complexity index is 210. The summed E-state index contributed by atoms with van der Waals surface area (Å²) in [6.07, 6.45) is 0. The Morgan fingerprint density at radius 3 is 2.00 bits per heavy atom. The zero-order valence-corrected chi connectivity index (χ0v) is 9.92. The monoisotopic (exact) mass is 198 g/mol. The molecule has 82 valence electrons. The topological polar surface area (TPSA) is 32.3 Å². The number of hydrogen-bond donors (Lipinski definition) is 1. The van der Waals surface area contributed by atoms with Gasteiger partial charge in [0.05, 0.1) is 0 Å². The van der Waals surface area contributed by atoms with E-state index in [0.29, 0.717) is 12.1 Å². The number of nitrogens with one attached hydrogen (secondary N) is 1. The number of rotatable bonds is 0. The van der Waals surface area contributed by atoms with Gasteiger partial charge >= 0.3 is 0 Å². The van der Waals surface area contributed by atoms with Crippen LogP contribution in [0.15, 0.2) is 0 Å². The van der Waals surface area contributed by atoms with Gasteiger partial charge in [-0.05, 0) is 13.8 Å². The van der Waals surface area contributed by atoms with E-state index in [-0.39, 0.29) is 11.3 Å². The second kappa shape index (κ2) is 3.89. The van der Waals surface area contributed by atoms with Gasteiger partial charge in [0.2, 0.25) is 5.91 Å². The van der Waals surface area contributed by atoms with Crippen LogP contribution in [-0.2, 0) is 4.79 Å².